The number of rotatable bonds is 4. The largest absolute Gasteiger partial charge is 0.464 e. The summed E-state index contributed by atoms with van der Waals surface area (Å²) in [5.41, 5.74) is 1.43. The SMILES string of the molecule is CCOC(=O)C1(Nc2ccc(C)cc2)CC(C)OC(C)C1. The average molecular weight is 291 g/mol. The fraction of sp³-hybridized carbons (Fsp3) is 0.588. The number of esters is 1. The van der Waals surface area contributed by atoms with Crippen molar-refractivity contribution in [3.05, 3.63) is 29.8 Å². The van der Waals surface area contributed by atoms with Crippen molar-refractivity contribution in [2.24, 2.45) is 0 Å². The van der Waals surface area contributed by atoms with Crippen molar-refractivity contribution in [1.82, 2.24) is 0 Å². The van der Waals surface area contributed by atoms with Crippen LogP contribution in [0.15, 0.2) is 24.3 Å². The van der Waals surface area contributed by atoms with E-state index in [2.05, 4.69) is 5.32 Å². The van der Waals surface area contributed by atoms with E-state index < -0.39 is 5.54 Å². The minimum atomic E-state index is -0.706. The first-order valence-corrected chi connectivity index (χ1v) is 7.63. The Labute approximate surface area is 126 Å². The highest BCUT2D eigenvalue weighted by Crippen LogP contribution is 2.33. The number of nitrogens with one attached hydrogen (secondary N) is 1. The number of aryl methyl sites for hydroxylation is 1. The van der Waals surface area contributed by atoms with Gasteiger partial charge in [-0.25, -0.2) is 4.79 Å². The molecule has 1 aromatic rings. The second-order valence-corrected chi connectivity index (χ2v) is 5.96. The van der Waals surface area contributed by atoms with E-state index in [1.54, 1.807) is 0 Å². The lowest BCUT2D eigenvalue weighted by atomic mass is 9.83. The van der Waals surface area contributed by atoms with Gasteiger partial charge in [-0.3, -0.25) is 0 Å². The first kappa shape index (κ1) is 15.8. The topological polar surface area (TPSA) is 47.6 Å². The predicted molar refractivity (Wildman–Crippen MR) is 83.4 cm³/mol. The van der Waals surface area contributed by atoms with Crippen molar-refractivity contribution in [3.63, 3.8) is 0 Å². The first-order valence-electron chi connectivity index (χ1n) is 7.63. The second-order valence-electron chi connectivity index (χ2n) is 5.96. The summed E-state index contributed by atoms with van der Waals surface area (Å²) in [6, 6.07) is 8.07. The molecule has 4 nitrogen and oxygen atoms in total. The number of anilines is 1. The third-order valence-corrected chi connectivity index (χ3v) is 3.84. The van der Waals surface area contributed by atoms with Gasteiger partial charge < -0.3 is 14.8 Å². The molecule has 116 valence electrons. The van der Waals surface area contributed by atoms with Crippen LogP contribution in [0.3, 0.4) is 0 Å². The minimum Gasteiger partial charge on any atom is -0.464 e. The molecule has 2 atom stereocenters. The van der Waals surface area contributed by atoms with Gasteiger partial charge in [0.15, 0.2) is 0 Å². The fourth-order valence-corrected chi connectivity index (χ4v) is 3.06. The highest BCUT2D eigenvalue weighted by atomic mass is 16.5. The average Bonchev–Trinajstić information content (AvgIpc) is 2.40. The summed E-state index contributed by atoms with van der Waals surface area (Å²) in [5, 5.41) is 3.41. The summed E-state index contributed by atoms with van der Waals surface area (Å²) < 4.78 is 11.1. The standard InChI is InChI=1S/C17H25NO3/c1-5-20-16(19)17(10-13(3)21-14(4)11-17)18-15-8-6-12(2)7-9-15/h6-9,13-14,18H,5,10-11H2,1-4H3. The molecule has 4 heteroatoms. The first-order chi connectivity index (χ1) is 9.95. The molecule has 1 aromatic carbocycles. The molecule has 1 N–H and O–H groups in total. The predicted octanol–water partition coefficient (Wildman–Crippen LogP) is 3.30. The van der Waals surface area contributed by atoms with Crippen LogP contribution in [0.4, 0.5) is 5.69 Å². The third-order valence-electron chi connectivity index (χ3n) is 3.84. The van der Waals surface area contributed by atoms with Gasteiger partial charge in [0.2, 0.25) is 0 Å². The number of ether oxygens (including phenoxy) is 2. The summed E-state index contributed by atoms with van der Waals surface area (Å²) >= 11 is 0. The lowest BCUT2D eigenvalue weighted by molar-refractivity contribution is -0.157. The van der Waals surface area contributed by atoms with Crippen LogP contribution in [-0.2, 0) is 14.3 Å². The molecule has 0 aromatic heterocycles. The maximum absolute atomic E-state index is 12.5. The Hall–Kier alpha value is -1.55. The molecule has 1 aliphatic rings. The van der Waals surface area contributed by atoms with Crippen LogP contribution in [0.2, 0.25) is 0 Å². The van der Waals surface area contributed by atoms with E-state index in [1.165, 1.54) is 5.56 Å². The Balaban J connectivity index is 2.26. The Morgan fingerprint density at radius 2 is 1.86 bits per heavy atom. The van der Waals surface area contributed by atoms with Gasteiger partial charge in [-0.05, 0) is 39.8 Å². The van der Waals surface area contributed by atoms with Gasteiger partial charge in [-0.15, -0.1) is 0 Å². The Bertz CT molecular complexity index is 473. The van der Waals surface area contributed by atoms with Gasteiger partial charge in [-0.1, -0.05) is 17.7 Å². The zero-order chi connectivity index (χ0) is 15.5. The van der Waals surface area contributed by atoms with E-state index in [0.29, 0.717) is 19.4 Å². The van der Waals surface area contributed by atoms with E-state index in [0.717, 1.165) is 5.69 Å². The summed E-state index contributed by atoms with van der Waals surface area (Å²) in [5.74, 6) is -0.187. The third kappa shape index (κ3) is 3.76. The van der Waals surface area contributed by atoms with Crippen LogP contribution >= 0.6 is 0 Å². The smallest absolute Gasteiger partial charge is 0.331 e. The lowest BCUT2D eigenvalue weighted by Gasteiger charge is -2.42. The highest BCUT2D eigenvalue weighted by molar-refractivity contribution is 5.85. The molecule has 1 fully saturated rings. The molecule has 0 spiro atoms. The van der Waals surface area contributed by atoms with Crippen LogP contribution in [0.1, 0.15) is 39.2 Å². The van der Waals surface area contributed by atoms with Gasteiger partial charge >= 0.3 is 5.97 Å². The molecular formula is C17H25NO3. The number of hydrogen-bond acceptors (Lipinski definition) is 4. The molecular weight excluding hydrogens is 266 g/mol. The summed E-state index contributed by atoms with van der Waals surface area (Å²) in [6.07, 6.45) is 1.28. The van der Waals surface area contributed by atoms with E-state index >= 15 is 0 Å². The van der Waals surface area contributed by atoms with Crippen LogP contribution in [-0.4, -0.2) is 30.3 Å². The minimum absolute atomic E-state index is 0.0242. The van der Waals surface area contributed by atoms with Crippen LogP contribution in [0.25, 0.3) is 0 Å². The Morgan fingerprint density at radius 1 is 1.29 bits per heavy atom. The quantitative estimate of drug-likeness (QED) is 0.865. The summed E-state index contributed by atoms with van der Waals surface area (Å²) in [6.45, 7) is 8.27. The van der Waals surface area contributed by atoms with Crippen LogP contribution in [0, 0.1) is 6.92 Å². The normalized spacial score (nSPS) is 29.0. The lowest BCUT2D eigenvalue weighted by Crippen LogP contribution is -2.55. The van der Waals surface area contributed by atoms with Gasteiger partial charge in [0, 0.05) is 18.5 Å². The molecule has 21 heavy (non-hydrogen) atoms. The molecule has 0 aliphatic carbocycles. The van der Waals surface area contributed by atoms with Crippen LogP contribution in [0.5, 0.6) is 0 Å². The maximum atomic E-state index is 12.5. The summed E-state index contributed by atoms with van der Waals surface area (Å²) in [7, 11) is 0. The molecule has 1 saturated heterocycles. The molecule has 2 unspecified atom stereocenters. The molecule has 0 bridgehead atoms. The maximum Gasteiger partial charge on any atom is 0.331 e. The van der Waals surface area contributed by atoms with Gasteiger partial charge in [-0.2, -0.15) is 0 Å². The fourth-order valence-electron chi connectivity index (χ4n) is 3.06. The molecule has 2 rings (SSSR count). The van der Waals surface area contributed by atoms with Crippen molar-refractivity contribution in [2.75, 3.05) is 11.9 Å². The van der Waals surface area contributed by atoms with Crippen molar-refractivity contribution >= 4 is 11.7 Å². The number of hydrogen-bond donors (Lipinski definition) is 1. The highest BCUT2D eigenvalue weighted by Gasteiger charge is 2.46. The van der Waals surface area contributed by atoms with E-state index in [-0.39, 0.29) is 18.2 Å². The molecule has 1 aliphatic heterocycles. The second kappa shape index (κ2) is 6.48. The number of carbonyl (C=O) groups is 1. The number of carbonyl (C=O) groups excluding carboxylic acids is 1. The van der Waals surface area contributed by atoms with Crippen molar-refractivity contribution in [1.29, 1.82) is 0 Å². The van der Waals surface area contributed by atoms with Crippen molar-refractivity contribution < 1.29 is 14.3 Å². The zero-order valence-corrected chi connectivity index (χ0v) is 13.3. The molecule has 1 heterocycles. The molecule has 0 saturated carbocycles. The van der Waals surface area contributed by atoms with Gasteiger partial charge in [0.05, 0.1) is 18.8 Å². The van der Waals surface area contributed by atoms with E-state index in [9.17, 15) is 4.79 Å². The molecule has 0 radical (unpaired) electrons. The van der Waals surface area contributed by atoms with Crippen molar-refractivity contribution in [3.8, 4) is 0 Å². The Morgan fingerprint density at radius 3 is 2.38 bits per heavy atom. The van der Waals surface area contributed by atoms with Gasteiger partial charge in [0.1, 0.15) is 5.54 Å². The number of benzene rings is 1. The zero-order valence-electron chi connectivity index (χ0n) is 13.3. The monoisotopic (exact) mass is 291 g/mol. The van der Waals surface area contributed by atoms with E-state index in [4.69, 9.17) is 9.47 Å². The Kier molecular flexibility index (Phi) is 4.88. The van der Waals surface area contributed by atoms with E-state index in [1.807, 2.05) is 52.0 Å². The molecule has 0 amide bonds. The van der Waals surface area contributed by atoms with Crippen LogP contribution < -0.4 is 5.32 Å². The van der Waals surface area contributed by atoms with Crippen molar-refractivity contribution in [2.45, 2.75) is 58.3 Å². The van der Waals surface area contributed by atoms with Gasteiger partial charge in [0.25, 0.3) is 0 Å². The summed E-state index contributed by atoms with van der Waals surface area (Å²) in [4.78, 5) is 12.5.